The normalized spacial score (nSPS) is 11.2. The molecule has 8 rings (SSSR count). The van der Waals surface area contributed by atoms with E-state index < -0.39 is 0 Å². The molecular weight excluding hydrogens is 536 g/mol. The Balaban J connectivity index is 1.32. The molecule has 0 atom stereocenters. The highest BCUT2D eigenvalue weighted by atomic mass is 16.3. The molecule has 0 saturated heterocycles. The van der Waals surface area contributed by atoms with Gasteiger partial charge < -0.3 is 9.32 Å². The number of hydrogen-bond donors (Lipinski definition) is 0. The average Bonchev–Trinajstić information content (AvgIpc) is 3.56. The molecule has 0 N–H and O–H groups in total. The van der Waals surface area contributed by atoms with Crippen LogP contribution in [0.15, 0.2) is 174 Å². The molecule has 0 aliphatic heterocycles. The predicted octanol–water partition coefficient (Wildman–Crippen LogP) is 11.5. The Morgan fingerprint density at radius 1 is 0.455 bits per heavy atom. The highest BCUT2D eigenvalue weighted by molar-refractivity contribution is 6.05. The maximum absolute atomic E-state index is 6.44. The molecule has 0 aliphatic carbocycles. The number of nitrogens with zero attached hydrogens (tertiary/aromatic N) is 2. The lowest BCUT2D eigenvalue weighted by Gasteiger charge is -2.28. The van der Waals surface area contributed by atoms with Gasteiger partial charge in [-0.25, -0.2) is 4.98 Å². The Kier molecular flexibility index (Phi) is 6.47. The van der Waals surface area contributed by atoms with Gasteiger partial charge in [-0.1, -0.05) is 121 Å². The molecule has 0 aliphatic rings. The van der Waals surface area contributed by atoms with Crippen LogP contribution in [-0.4, -0.2) is 4.98 Å². The molecule has 3 heteroatoms. The fourth-order valence-corrected chi connectivity index (χ4v) is 5.93. The topological polar surface area (TPSA) is 29.3 Å². The number of rotatable bonds is 6. The number of anilines is 3. The van der Waals surface area contributed by atoms with E-state index in [1.807, 2.05) is 42.5 Å². The van der Waals surface area contributed by atoms with Crippen LogP contribution in [0.4, 0.5) is 17.1 Å². The summed E-state index contributed by atoms with van der Waals surface area (Å²) in [5, 5.41) is 2.13. The highest BCUT2D eigenvalue weighted by Crippen LogP contribution is 2.43. The molecule has 3 nitrogen and oxygen atoms in total. The van der Waals surface area contributed by atoms with Crippen LogP contribution in [0, 0.1) is 0 Å². The molecule has 0 radical (unpaired) electrons. The summed E-state index contributed by atoms with van der Waals surface area (Å²) < 4.78 is 6.44. The van der Waals surface area contributed by atoms with Crippen molar-refractivity contribution in [3.8, 4) is 33.7 Å². The van der Waals surface area contributed by atoms with Crippen molar-refractivity contribution in [3.63, 3.8) is 0 Å². The molecule has 8 aromatic rings. The molecule has 1 aromatic heterocycles. The van der Waals surface area contributed by atoms with Gasteiger partial charge in [-0.05, 0) is 70.6 Å². The van der Waals surface area contributed by atoms with E-state index in [0.717, 1.165) is 50.1 Å². The van der Waals surface area contributed by atoms with E-state index >= 15 is 0 Å². The van der Waals surface area contributed by atoms with Crippen LogP contribution in [0.5, 0.6) is 0 Å². The molecule has 44 heavy (non-hydrogen) atoms. The third-order valence-corrected chi connectivity index (χ3v) is 8.10. The van der Waals surface area contributed by atoms with E-state index in [0.29, 0.717) is 5.89 Å². The monoisotopic (exact) mass is 564 g/mol. The molecular formula is C41H28N2O. The van der Waals surface area contributed by atoms with E-state index in [9.17, 15) is 0 Å². The Morgan fingerprint density at radius 3 is 1.75 bits per heavy atom. The third-order valence-electron chi connectivity index (χ3n) is 8.10. The summed E-state index contributed by atoms with van der Waals surface area (Å²) in [7, 11) is 0. The van der Waals surface area contributed by atoms with Crippen LogP contribution in [0.25, 0.3) is 55.6 Å². The molecule has 208 valence electrons. The minimum atomic E-state index is 0.626. The number of aromatic nitrogens is 1. The quantitative estimate of drug-likeness (QED) is 0.201. The van der Waals surface area contributed by atoms with E-state index in [2.05, 4.69) is 132 Å². The predicted molar refractivity (Wildman–Crippen MR) is 183 cm³/mol. The zero-order chi connectivity index (χ0) is 29.3. The molecule has 0 spiro atoms. The first-order chi connectivity index (χ1) is 21.8. The summed E-state index contributed by atoms with van der Waals surface area (Å²) in [5.41, 5.74) is 10.5. The maximum atomic E-state index is 6.44. The van der Waals surface area contributed by atoms with Crippen molar-refractivity contribution in [2.75, 3.05) is 4.90 Å². The van der Waals surface area contributed by atoms with Gasteiger partial charge in [-0.15, -0.1) is 0 Å². The van der Waals surface area contributed by atoms with Crippen molar-refractivity contribution < 1.29 is 4.42 Å². The van der Waals surface area contributed by atoms with Crippen molar-refractivity contribution in [1.29, 1.82) is 0 Å². The van der Waals surface area contributed by atoms with Crippen molar-refractivity contribution in [3.05, 3.63) is 170 Å². The van der Waals surface area contributed by atoms with Crippen molar-refractivity contribution in [1.82, 2.24) is 4.98 Å². The van der Waals surface area contributed by atoms with Gasteiger partial charge in [0.25, 0.3) is 0 Å². The van der Waals surface area contributed by atoms with Crippen LogP contribution in [-0.2, 0) is 0 Å². The zero-order valence-electron chi connectivity index (χ0n) is 24.0. The van der Waals surface area contributed by atoms with Gasteiger partial charge in [0.15, 0.2) is 5.58 Å². The largest absolute Gasteiger partial charge is 0.435 e. The summed E-state index contributed by atoms with van der Waals surface area (Å²) in [5.74, 6) is 0.626. The zero-order valence-corrected chi connectivity index (χ0v) is 24.0. The summed E-state index contributed by atoms with van der Waals surface area (Å²) in [6, 6.07) is 59.3. The number of oxazole rings is 1. The second-order valence-electron chi connectivity index (χ2n) is 10.8. The molecule has 0 bridgehead atoms. The number of hydrogen-bond acceptors (Lipinski definition) is 3. The minimum absolute atomic E-state index is 0.626. The molecule has 0 unspecified atom stereocenters. The van der Waals surface area contributed by atoms with Crippen molar-refractivity contribution in [2.24, 2.45) is 0 Å². The Hall–Kier alpha value is -5.93. The van der Waals surface area contributed by atoms with Gasteiger partial charge >= 0.3 is 0 Å². The van der Waals surface area contributed by atoms with Gasteiger partial charge in [-0.2, -0.15) is 0 Å². The highest BCUT2D eigenvalue weighted by Gasteiger charge is 2.19. The average molecular weight is 565 g/mol. The van der Waals surface area contributed by atoms with Crippen LogP contribution >= 0.6 is 0 Å². The molecule has 7 aromatic carbocycles. The van der Waals surface area contributed by atoms with Crippen LogP contribution in [0.1, 0.15) is 0 Å². The summed E-state index contributed by atoms with van der Waals surface area (Å²) in [6.45, 7) is 0. The maximum Gasteiger partial charge on any atom is 0.227 e. The van der Waals surface area contributed by atoms with E-state index in [1.165, 1.54) is 16.7 Å². The summed E-state index contributed by atoms with van der Waals surface area (Å²) >= 11 is 0. The fraction of sp³-hybridized carbons (Fsp3) is 0. The van der Waals surface area contributed by atoms with E-state index in [-0.39, 0.29) is 0 Å². The SMILES string of the molecule is c1ccc(-c2ccc(N(c3ccc4ccc5nc(-c6ccccc6)oc5c4c3)c3ccccc3-c3ccccc3)cc2)cc1. The van der Waals surface area contributed by atoms with Gasteiger partial charge in [0.2, 0.25) is 5.89 Å². The summed E-state index contributed by atoms with van der Waals surface area (Å²) in [6.07, 6.45) is 0. The van der Waals surface area contributed by atoms with Crippen molar-refractivity contribution in [2.45, 2.75) is 0 Å². The van der Waals surface area contributed by atoms with Crippen molar-refractivity contribution >= 4 is 38.9 Å². The molecule has 0 fully saturated rings. The lowest BCUT2D eigenvalue weighted by Crippen LogP contribution is -2.11. The molecule has 0 amide bonds. The first-order valence-corrected chi connectivity index (χ1v) is 14.8. The molecule has 1 heterocycles. The second kappa shape index (κ2) is 11.0. The van der Waals surface area contributed by atoms with E-state index in [1.54, 1.807) is 0 Å². The Morgan fingerprint density at radius 2 is 1.02 bits per heavy atom. The smallest absolute Gasteiger partial charge is 0.227 e. The van der Waals surface area contributed by atoms with Gasteiger partial charge in [0.05, 0.1) is 5.69 Å². The van der Waals surface area contributed by atoms with Crippen LogP contribution < -0.4 is 4.90 Å². The first kappa shape index (κ1) is 25.8. The Bertz CT molecular complexity index is 2200. The number of para-hydroxylation sites is 1. The van der Waals surface area contributed by atoms with Gasteiger partial charge in [0.1, 0.15) is 5.52 Å². The van der Waals surface area contributed by atoms with Gasteiger partial charge in [-0.3, -0.25) is 0 Å². The lowest BCUT2D eigenvalue weighted by atomic mass is 10.0. The summed E-state index contributed by atoms with van der Waals surface area (Å²) in [4.78, 5) is 7.17. The minimum Gasteiger partial charge on any atom is -0.435 e. The number of fused-ring (bicyclic) bond motifs is 3. The molecule has 0 saturated carbocycles. The lowest BCUT2D eigenvalue weighted by molar-refractivity contribution is 0.623. The van der Waals surface area contributed by atoms with E-state index in [4.69, 9.17) is 9.40 Å². The fourth-order valence-electron chi connectivity index (χ4n) is 5.93. The first-order valence-electron chi connectivity index (χ1n) is 14.8. The Labute approximate surface area is 256 Å². The van der Waals surface area contributed by atoms with Crippen LogP contribution in [0.3, 0.4) is 0 Å². The third kappa shape index (κ3) is 4.71. The number of benzene rings is 7. The van der Waals surface area contributed by atoms with Gasteiger partial charge in [0, 0.05) is 27.9 Å². The second-order valence-corrected chi connectivity index (χ2v) is 10.8. The van der Waals surface area contributed by atoms with Crippen LogP contribution in [0.2, 0.25) is 0 Å². The standard InChI is InChI=1S/C41H28N2O/c1-4-12-29(13-5-1)30-20-24-34(25-21-30)43(39-19-11-10-18-36(39)31-14-6-2-7-15-31)35-26-22-32-23-27-38-40(37(32)28-35)44-41(42-38)33-16-8-3-9-17-33/h1-28H.